The van der Waals surface area contributed by atoms with E-state index in [1.54, 1.807) is 0 Å². The van der Waals surface area contributed by atoms with Crippen molar-refractivity contribution < 1.29 is 9.53 Å². The van der Waals surface area contributed by atoms with Crippen LogP contribution in [0.3, 0.4) is 0 Å². The average Bonchev–Trinajstić information content (AvgIpc) is 2.45. The van der Waals surface area contributed by atoms with Gasteiger partial charge in [-0.2, -0.15) is 0 Å². The van der Waals surface area contributed by atoms with E-state index in [2.05, 4.69) is 20.8 Å². The summed E-state index contributed by atoms with van der Waals surface area (Å²) in [4.78, 5) is 12.1. The van der Waals surface area contributed by atoms with E-state index in [0.717, 1.165) is 24.3 Å². The summed E-state index contributed by atoms with van der Waals surface area (Å²) >= 11 is 0. The molecule has 1 aliphatic rings. The van der Waals surface area contributed by atoms with Crippen LogP contribution in [0, 0.1) is 17.3 Å². The highest BCUT2D eigenvalue weighted by Gasteiger charge is 2.29. The molecule has 2 heteroatoms. The van der Waals surface area contributed by atoms with E-state index < -0.39 is 0 Å². The average molecular weight is 288 g/mol. The van der Waals surface area contributed by atoms with E-state index in [9.17, 15) is 4.79 Å². The molecule has 21 heavy (non-hydrogen) atoms. The van der Waals surface area contributed by atoms with Crippen molar-refractivity contribution in [2.75, 3.05) is 0 Å². The van der Waals surface area contributed by atoms with E-state index >= 15 is 0 Å². The number of hydrogen-bond donors (Lipinski definition) is 0. The molecule has 0 aliphatic heterocycles. The third kappa shape index (κ3) is 5.53. The largest absolute Gasteiger partial charge is 0.461 e. The number of hydrogen-bond acceptors (Lipinski definition) is 2. The molecule has 0 unspecified atom stereocenters. The Hall–Kier alpha value is -1.31. The van der Waals surface area contributed by atoms with E-state index in [1.165, 1.54) is 19.3 Å². The first-order chi connectivity index (χ1) is 9.94. The number of benzene rings is 1. The second-order valence-electron chi connectivity index (χ2n) is 7.58. The first kappa shape index (κ1) is 16.1. The lowest BCUT2D eigenvalue weighted by Crippen LogP contribution is -2.25. The number of carbonyl (C=O) groups excluding carboxylic acids is 1. The van der Waals surface area contributed by atoms with Gasteiger partial charge in [0.15, 0.2) is 0 Å². The minimum Gasteiger partial charge on any atom is -0.461 e. The Labute approximate surface area is 128 Å². The SMILES string of the molecule is CC(C)(C)CC1CCC(C(=O)OCc2ccccc2)CC1. The smallest absolute Gasteiger partial charge is 0.309 e. The van der Waals surface area contributed by atoms with Crippen LogP contribution in [0.5, 0.6) is 0 Å². The lowest BCUT2D eigenvalue weighted by atomic mass is 9.74. The molecule has 1 aromatic rings. The topological polar surface area (TPSA) is 26.3 Å². The fourth-order valence-electron chi connectivity index (χ4n) is 3.31. The van der Waals surface area contributed by atoms with Crippen LogP contribution >= 0.6 is 0 Å². The molecule has 116 valence electrons. The predicted octanol–water partition coefficient (Wildman–Crippen LogP) is 4.97. The summed E-state index contributed by atoms with van der Waals surface area (Å²) in [5.74, 6) is 0.890. The van der Waals surface area contributed by atoms with Gasteiger partial charge < -0.3 is 4.74 Å². The van der Waals surface area contributed by atoms with Gasteiger partial charge in [0.2, 0.25) is 0 Å². The maximum Gasteiger partial charge on any atom is 0.309 e. The zero-order valence-corrected chi connectivity index (χ0v) is 13.6. The highest BCUT2D eigenvalue weighted by molar-refractivity contribution is 5.72. The van der Waals surface area contributed by atoms with Gasteiger partial charge in [-0.3, -0.25) is 4.79 Å². The van der Waals surface area contributed by atoms with Crippen molar-refractivity contribution in [3.05, 3.63) is 35.9 Å². The first-order valence-electron chi connectivity index (χ1n) is 8.14. The Morgan fingerprint density at radius 1 is 1.10 bits per heavy atom. The van der Waals surface area contributed by atoms with Gasteiger partial charge in [0.05, 0.1) is 5.92 Å². The lowest BCUT2D eigenvalue weighted by Gasteiger charge is -2.31. The molecule has 0 bridgehead atoms. The van der Waals surface area contributed by atoms with E-state index in [-0.39, 0.29) is 11.9 Å². The second-order valence-corrected chi connectivity index (χ2v) is 7.58. The van der Waals surface area contributed by atoms with Gasteiger partial charge in [-0.25, -0.2) is 0 Å². The number of esters is 1. The molecule has 0 aromatic heterocycles. The molecule has 1 saturated carbocycles. The van der Waals surface area contributed by atoms with Gasteiger partial charge in [-0.1, -0.05) is 51.1 Å². The fraction of sp³-hybridized carbons (Fsp3) is 0.632. The van der Waals surface area contributed by atoms with Crippen LogP contribution in [-0.2, 0) is 16.1 Å². The number of ether oxygens (including phenoxy) is 1. The Kier molecular flexibility index (Phi) is 5.44. The molecule has 0 radical (unpaired) electrons. The van der Waals surface area contributed by atoms with Crippen molar-refractivity contribution in [3.63, 3.8) is 0 Å². The fourth-order valence-corrected chi connectivity index (χ4v) is 3.31. The summed E-state index contributed by atoms with van der Waals surface area (Å²) in [7, 11) is 0. The molecule has 0 amide bonds. The molecule has 0 saturated heterocycles. The summed E-state index contributed by atoms with van der Waals surface area (Å²) in [5.41, 5.74) is 1.46. The Bertz CT molecular complexity index is 436. The first-order valence-corrected chi connectivity index (χ1v) is 8.14. The van der Waals surface area contributed by atoms with Crippen LogP contribution in [0.25, 0.3) is 0 Å². The van der Waals surface area contributed by atoms with Gasteiger partial charge in [-0.15, -0.1) is 0 Å². The van der Waals surface area contributed by atoms with E-state index in [1.807, 2.05) is 30.3 Å². The van der Waals surface area contributed by atoms with Crippen molar-refractivity contribution >= 4 is 5.97 Å². The van der Waals surface area contributed by atoms with Crippen LogP contribution in [0.15, 0.2) is 30.3 Å². The summed E-state index contributed by atoms with van der Waals surface area (Å²) in [5, 5.41) is 0. The zero-order valence-electron chi connectivity index (χ0n) is 13.6. The van der Waals surface area contributed by atoms with Gasteiger partial charge >= 0.3 is 5.97 Å². The van der Waals surface area contributed by atoms with Crippen LogP contribution in [0.1, 0.15) is 58.4 Å². The maximum atomic E-state index is 12.1. The highest BCUT2D eigenvalue weighted by Crippen LogP contribution is 2.36. The molecular formula is C19H28O2. The maximum absolute atomic E-state index is 12.1. The van der Waals surface area contributed by atoms with Crippen molar-refractivity contribution in [3.8, 4) is 0 Å². The Morgan fingerprint density at radius 3 is 2.29 bits per heavy atom. The van der Waals surface area contributed by atoms with Crippen LogP contribution in [0.2, 0.25) is 0 Å². The normalized spacial score (nSPS) is 22.8. The Balaban J connectivity index is 1.73. The molecule has 0 N–H and O–H groups in total. The van der Waals surface area contributed by atoms with Crippen LogP contribution in [0.4, 0.5) is 0 Å². The number of rotatable bonds is 4. The standard InChI is InChI=1S/C19H28O2/c1-19(2,3)13-15-9-11-17(12-10-15)18(20)21-14-16-7-5-4-6-8-16/h4-8,15,17H,9-14H2,1-3H3. The third-order valence-electron chi connectivity index (χ3n) is 4.31. The van der Waals surface area contributed by atoms with Crippen molar-refractivity contribution in [2.45, 2.75) is 59.5 Å². The molecule has 0 atom stereocenters. The molecule has 1 aliphatic carbocycles. The molecule has 0 heterocycles. The van der Waals surface area contributed by atoms with Gasteiger partial charge in [0.1, 0.15) is 6.61 Å². The molecule has 0 spiro atoms. The van der Waals surface area contributed by atoms with Gasteiger partial charge in [0, 0.05) is 0 Å². The minimum atomic E-state index is -0.00642. The van der Waals surface area contributed by atoms with Crippen molar-refractivity contribution in [1.29, 1.82) is 0 Å². The van der Waals surface area contributed by atoms with Crippen molar-refractivity contribution in [2.24, 2.45) is 17.3 Å². The van der Waals surface area contributed by atoms with E-state index in [4.69, 9.17) is 4.74 Å². The molecule has 2 rings (SSSR count). The summed E-state index contributed by atoms with van der Waals surface area (Å²) in [6.45, 7) is 7.30. The Morgan fingerprint density at radius 2 is 1.71 bits per heavy atom. The number of carbonyl (C=O) groups is 1. The minimum absolute atomic E-state index is 0.00642. The molecule has 1 aromatic carbocycles. The second kappa shape index (κ2) is 7.11. The lowest BCUT2D eigenvalue weighted by molar-refractivity contribution is -0.151. The predicted molar refractivity (Wildman–Crippen MR) is 85.8 cm³/mol. The van der Waals surface area contributed by atoms with Gasteiger partial charge in [0.25, 0.3) is 0 Å². The molecular weight excluding hydrogens is 260 g/mol. The third-order valence-corrected chi connectivity index (χ3v) is 4.31. The summed E-state index contributed by atoms with van der Waals surface area (Å²) in [6.07, 6.45) is 5.59. The highest BCUT2D eigenvalue weighted by atomic mass is 16.5. The molecule has 2 nitrogen and oxygen atoms in total. The quantitative estimate of drug-likeness (QED) is 0.731. The van der Waals surface area contributed by atoms with Crippen LogP contribution < -0.4 is 0 Å². The zero-order chi connectivity index (χ0) is 15.3. The summed E-state index contributed by atoms with van der Waals surface area (Å²) < 4.78 is 5.46. The van der Waals surface area contributed by atoms with Crippen molar-refractivity contribution in [1.82, 2.24) is 0 Å². The van der Waals surface area contributed by atoms with Crippen LogP contribution in [-0.4, -0.2) is 5.97 Å². The monoisotopic (exact) mass is 288 g/mol. The van der Waals surface area contributed by atoms with E-state index in [0.29, 0.717) is 12.0 Å². The molecule has 1 fully saturated rings. The summed E-state index contributed by atoms with van der Waals surface area (Å²) in [6, 6.07) is 9.91. The van der Waals surface area contributed by atoms with Gasteiger partial charge in [-0.05, 0) is 49.0 Å².